The lowest BCUT2D eigenvalue weighted by Gasteiger charge is -2.24. The zero-order chi connectivity index (χ0) is 17.8. The summed E-state index contributed by atoms with van der Waals surface area (Å²) < 4.78 is 60.5. The van der Waals surface area contributed by atoms with Gasteiger partial charge in [-0.2, -0.15) is 8.78 Å². The molecule has 0 saturated heterocycles. The molecule has 23 heavy (non-hydrogen) atoms. The maximum absolute atomic E-state index is 13.0. The molecule has 0 atom stereocenters. The highest BCUT2D eigenvalue weighted by atomic mass is 19.3. The third-order valence-electron chi connectivity index (χ3n) is 2.83. The Hall–Kier alpha value is -2.12. The van der Waals surface area contributed by atoms with Crippen LogP contribution in [0.15, 0.2) is 24.3 Å². The number of carbonyl (C=O) groups is 2. The Morgan fingerprint density at radius 3 is 2.09 bits per heavy atom. The van der Waals surface area contributed by atoms with Crippen LogP contribution in [0, 0.1) is 0 Å². The van der Waals surface area contributed by atoms with E-state index in [1.807, 2.05) is 0 Å². The minimum atomic E-state index is -4.76. The third-order valence-corrected chi connectivity index (χ3v) is 2.83. The van der Waals surface area contributed by atoms with Crippen LogP contribution in [0.5, 0.6) is 5.75 Å². The molecular formula is C15H16F4O4. The summed E-state index contributed by atoms with van der Waals surface area (Å²) in [5, 5.41) is 0. The number of hydrogen-bond acceptors (Lipinski definition) is 4. The lowest BCUT2D eigenvalue weighted by molar-refractivity contribution is -0.158. The van der Waals surface area contributed by atoms with E-state index in [1.165, 1.54) is 13.8 Å². The van der Waals surface area contributed by atoms with Crippen molar-refractivity contribution < 1.29 is 36.6 Å². The first-order valence-electron chi connectivity index (χ1n) is 6.69. The molecule has 0 aliphatic heterocycles. The monoisotopic (exact) mass is 336 g/mol. The number of Topliss-reactive ketones (excluding diaryl/α,β-unsaturated/α-hetero) is 1. The minimum absolute atomic E-state index is 0.0972. The van der Waals surface area contributed by atoms with Gasteiger partial charge in [-0.25, -0.2) is 13.6 Å². The van der Waals surface area contributed by atoms with Crippen LogP contribution >= 0.6 is 0 Å². The molecule has 0 aliphatic carbocycles. The summed E-state index contributed by atoms with van der Waals surface area (Å²) in [5.74, 6) is -7.28. The van der Waals surface area contributed by atoms with E-state index in [2.05, 4.69) is 0 Å². The molecule has 1 aromatic carbocycles. The molecule has 0 amide bonds. The van der Waals surface area contributed by atoms with Crippen molar-refractivity contribution in [1.29, 1.82) is 0 Å². The molecular weight excluding hydrogens is 320 g/mol. The molecule has 0 N–H and O–H groups in total. The van der Waals surface area contributed by atoms with Gasteiger partial charge in [0, 0.05) is 5.56 Å². The van der Waals surface area contributed by atoms with E-state index in [9.17, 15) is 27.2 Å². The van der Waals surface area contributed by atoms with Gasteiger partial charge in [0.15, 0.2) is 5.60 Å². The average molecular weight is 336 g/mol. The Balaban J connectivity index is 2.89. The quantitative estimate of drug-likeness (QED) is 0.434. The average Bonchev–Trinajstić information content (AvgIpc) is 2.47. The summed E-state index contributed by atoms with van der Waals surface area (Å²) in [6, 6.07) is 4.12. The highest BCUT2D eigenvalue weighted by molar-refractivity contribution is 6.01. The van der Waals surface area contributed by atoms with Crippen LogP contribution in [0.3, 0.4) is 0 Å². The molecule has 0 bridgehead atoms. The second-order valence-electron chi connectivity index (χ2n) is 5.11. The van der Waals surface area contributed by atoms with Gasteiger partial charge in [-0.05, 0) is 45.0 Å². The van der Waals surface area contributed by atoms with E-state index in [0.717, 1.165) is 24.3 Å². The Bertz CT molecular complexity index is 567. The Morgan fingerprint density at radius 2 is 1.65 bits per heavy atom. The van der Waals surface area contributed by atoms with Crippen LogP contribution in [0.2, 0.25) is 0 Å². The predicted octanol–water partition coefficient (Wildman–Crippen LogP) is 3.49. The fraction of sp³-hybridized carbons (Fsp3) is 0.467. The van der Waals surface area contributed by atoms with Crippen molar-refractivity contribution >= 4 is 11.8 Å². The molecule has 0 radical (unpaired) electrons. The van der Waals surface area contributed by atoms with Gasteiger partial charge in [0.1, 0.15) is 5.75 Å². The highest BCUT2D eigenvalue weighted by Crippen LogP contribution is 2.28. The predicted molar refractivity (Wildman–Crippen MR) is 73.1 cm³/mol. The summed E-state index contributed by atoms with van der Waals surface area (Å²) in [6.07, 6.45) is -4.09. The molecule has 0 saturated carbocycles. The fourth-order valence-electron chi connectivity index (χ4n) is 1.61. The van der Waals surface area contributed by atoms with Crippen LogP contribution in [0.4, 0.5) is 17.6 Å². The maximum atomic E-state index is 13.0. The largest absolute Gasteiger partial charge is 0.476 e. The second-order valence-corrected chi connectivity index (χ2v) is 5.11. The first-order valence-corrected chi connectivity index (χ1v) is 6.69. The standard InChI is InChI=1S/C15H16F4O4/c1-4-22-13(21)14(2,3)23-10-7-5-9(6-8-10)11(20)15(18,19)12(16)17/h5-8,12H,4H2,1-3H3. The molecule has 0 heterocycles. The number of halogens is 4. The minimum Gasteiger partial charge on any atom is -0.476 e. The first kappa shape index (κ1) is 18.9. The van der Waals surface area contributed by atoms with Crippen molar-refractivity contribution in [3.05, 3.63) is 29.8 Å². The number of carbonyl (C=O) groups excluding carboxylic acids is 2. The van der Waals surface area contributed by atoms with E-state index in [4.69, 9.17) is 9.47 Å². The lowest BCUT2D eigenvalue weighted by atomic mass is 10.1. The number of alkyl halides is 4. The smallest absolute Gasteiger partial charge is 0.368 e. The molecule has 0 spiro atoms. The van der Waals surface area contributed by atoms with Gasteiger partial charge in [-0.3, -0.25) is 4.79 Å². The molecule has 0 unspecified atom stereocenters. The zero-order valence-corrected chi connectivity index (χ0v) is 12.7. The summed E-state index contributed by atoms with van der Waals surface area (Å²) in [5.41, 5.74) is -1.93. The van der Waals surface area contributed by atoms with Crippen molar-refractivity contribution in [3.8, 4) is 5.75 Å². The fourth-order valence-corrected chi connectivity index (χ4v) is 1.61. The van der Waals surface area contributed by atoms with E-state index >= 15 is 0 Å². The van der Waals surface area contributed by atoms with Gasteiger partial charge in [0.2, 0.25) is 5.78 Å². The molecule has 128 valence electrons. The molecule has 4 nitrogen and oxygen atoms in total. The number of benzene rings is 1. The van der Waals surface area contributed by atoms with Crippen molar-refractivity contribution in [1.82, 2.24) is 0 Å². The van der Waals surface area contributed by atoms with Crippen molar-refractivity contribution in [3.63, 3.8) is 0 Å². The van der Waals surface area contributed by atoms with Crippen LogP contribution in [0.25, 0.3) is 0 Å². The normalized spacial score (nSPS) is 12.2. The van der Waals surface area contributed by atoms with Crippen LogP contribution in [-0.2, 0) is 9.53 Å². The zero-order valence-electron chi connectivity index (χ0n) is 12.7. The molecule has 0 aromatic heterocycles. The van der Waals surface area contributed by atoms with Crippen LogP contribution in [0.1, 0.15) is 31.1 Å². The maximum Gasteiger partial charge on any atom is 0.368 e. The molecule has 1 aromatic rings. The van der Waals surface area contributed by atoms with E-state index in [1.54, 1.807) is 6.92 Å². The van der Waals surface area contributed by atoms with Gasteiger partial charge < -0.3 is 9.47 Å². The molecule has 8 heteroatoms. The second kappa shape index (κ2) is 6.97. The Morgan fingerprint density at radius 1 is 1.13 bits per heavy atom. The van der Waals surface area contributed by atoms with Crippen molar-refractivity contribution in [2.75, 3.05) is 6.61 Å². The molecule has 1 rings (SSSR count). The molecule has 0 aliphatic rings. The Labute approximate surface area is 130 Å². The van der Waals surface area contributed by atoms with E-state index < -0.39 is 35.3 Å². The highest BCUT2D eigenvalue weighted by Gasteiger charge is 2.49. The lowest BCUT2D eigenvalue weighted by Crippen LogP contribution is -2.39. The number of esters is 1. The van der Waals surface area contributed by atoms with E-state index in [-0.39, 0.29) is 12.4 Å². The summed E-state index contributed by atoms with van der Waals surface area (Å²) in [7, 11) is 0. The van der Waals surface area contributed by atoms with Gasteiger partial charge in [0.05, 0.1) is 6.61 Å². The number of ketones is 1. The van der Waals surface area contributed by atoms with Crippen molar-refractivity contribution in [2.24, 2.45) is 0 Å². The third kappa shape index (κ3) is 4.43. The van der Waals surface area contributed by atoms with Gasteiger partial charge in [0.25, 0.3) is 0 Å². The van der Waals surface area contributed by atoms with E-state index in [0.29, 0.717) is 0 Å². The van der Waals surface area contributed by atoms with Crippen molar-refractivity contribution in [2.45, 2.75) is 38.7 Å². The molecule has 0 fully saturated rings. The van der Waals surface area contributed by atoms with Gasteiger partial charge >= 0.3 is 18.3 Å². The van der Waals surface area contributed by atoms with Gasteiger partial charge in [-0.1, -0.05) is 0 Å². The topological polar surface area (TPSA) is 52.6 Å². The Kier molecular flexibility index (Phi) is 5.74. The van der Waals surface area contributed by atoms with Crippen LogP contribution < -0.4 is 4.74 Å². The van der Waals surface area contributed by atoms with Gasteiger partial charge in [-0.15, -0.1) is 0 Å². The van der Waals surface area contributed by atoms with Crippen LogP contribution in [-0.4, -0.2) is 36.3 Å². The first-order chi connectivity index (χ1) is 10.5. The summed E-state index contributed by atoms with van der Waals surface area (Å²) in [6.45, 7) is 4.66. The summed E-state index contributed by atoms with van der Waals surface area (Å²) in [4.78, 5) is 23.0. The summed E-state index contributed by atoms with van der Waals surface area (Å²) >= 11 is 0. The number of hydrogen-bond donors (Lipinski definition) is 0. The SMILES string of the molecule is CCOC(=O)C(C)(C)Oc1ccc(C(=O)C(F)(F)C(F)F)cc1. The number of ether oxygens (including phenoxy) is 2. The number of rotatable bonds is 7.